The summed E-state index contributed by atoms with van der Waals surface area (Å²) in [5.74, 6) is 2.14. The maximum atomic E-state index is 5.20. The molecule has 148 valence electrons. The number of hydrogen-bond acceptors (Lipinski definition) is 3. The lowest BCUT2D eigenvalue weighted by atomic mass is 9.95. The molecule has 28 heavy (non-hydrogen) atoms. The van der Waals surface area contributed by atoms with Gasteiger partial charge in [-0.15, -0.1) is 24.4 Å². The Kier molecular flexibility index (Phi) is 6.73. The van der Waals surface area contributed by atoms with Crippen molar-refractivity contribution in [2.75, 3.05) is 11.1 Å². The number of thioether (sulfide) groups is 1. The van der Waals surface area contributed by atoms with Crippen molar-refractivity contribution >= 4 is 57.6 Å². The molecule has 0 spiro atoms. The second-order valence-corrected chi connectivity index (χ2v) is 10.2. The number of hydrogen-bond donors (Lipinski definition) is 2. The van der Waals surface area contributed by atoms with Gasteiger partial charge in [0.1, 0.15) is 10.1 Å². The zero-order valence-electron chi connectivity index (χ0n) is 16.8. The lowest BCUT2D eigenvalue weighted by Crippen LogP contribution is -2.19. The Morgan fingerprint density at radius 3 is 2.54 bits per heavy atom. The average molecular weight is 430 g/mol. The summed E-state index contributed by atoms with van der Waals surface area (Å²) in [5, 5.41) is 3.25. The number of imidazole rings is 1. The topological polar surface area (TPSA) is 29.9 Å². The summed E-state index contributed by atoms with van der Waals surface area (Å²) in [6.45, 7) is 9.61. The van der Waals surface area contributed by atoms with Crippen LogP contribution in [0.4, 0.5) is 5.69 Å². The standard InChI is InChI=1S/C22H27N3S3/c1-5-11-28-19-13-16-18(12-17(19)24-21(26)27)25(20(23-16)22(2,3)4)14-15-9-7-6-8-10-15/h6-10,12-13H,5,11,14H2,1-4H3,(H2,24,26,27). The van der Waals surface area contributed by atoms with Gasteiger partial charge in [-0.1, -0.05) is 70.2 Å². The normalized spacial score (nSPS) is 11.8. The van der Waals surface area contributed by atoms with E-state index < -0.39 is 0 Å². The maximum absolute atomic E-state index is 5.20. The van der Waals surface area contributed by atoms with Gasteiger partial charge in [0.2, 0.25) is 0 Å². The van der Waals surface area contributed by atoms with Gasteiger partial charge in [0.05, 0.1) is 16.7 Å². The first-order chi connectivity index (χ1) is 13.3. The van der Waals surface area contributed by atoms with E-state index >= 15 is 0 Å². The quantitative estimate of drug-likeness (QED) is 0.265. The highest BCUT2D eigenvalue weighted by Gasteiger charge is 2.24. The third-order valence-electron chi connectivity index (χ3n) is 4.41. The van der Waals surface area contributed by atoms with E-state index in [-0.39, 0.29) is 5.41 Å². The maximum Gasteiger partial charge on any atom is 0.135 e. The molecule has 0 radical (unpaired) electrons. The van der Waals surface area contributed by atoms with Crippen LogP contribution in [0.15, 0.2) is 47.4 Å². The van der Waals surface area contributed by atoms with Crippen molar-refractivity contribution in [3.8, 4) is 0 Å². The number of thiocarbonyl (C=S) groups is 1. The number of aromatic nitrogens is 2. The largest absolute Gasteiger partial charge is 0.340 e. The molecular weight excluding hydrogens is 402 g/mol. The monoisotopic (exact) mass is 429 g/mol. The van der Waals surface area contributed by atoms with E-state index in [0.29, 0.717) is 4.32 Å². The minimum Gasteiger partial charge on any atom is -0.340 e. The molecule has 0 saturated carbocycles. The van der Waals surface area contributed by atoms with E-state index in [1.807, 2.05) is 17.8 Å². The van der Waals surface area contributed by atoms with Gasteiger partial charge in [-0.2, -0.15) is 0 Å². The first-order valence-corrected chi connectivity index (χ1v) is 11.3. The second kappa shape index (κ2) is 8.89. The molecule has 0 atom stereocenters. The molecule has 1 heterocycles. The summed E-state index contributed by atoms with van der Waals surface area (Å²) in [4.78, 5) is 6.20. The highest BCUT2D eigenvalue weighted by atomic mass is 32.2. The summed E-state index contributed by atoms with van der Waals surface area (Å²) >= 11 is 11.3. The van der Waals surface area contributed by atoms with E-state index in [4.69, 9.17) is 17.2 Å². The molecule has 0 fully saturated rings. The number of fused-ring (bicyclic) bond motifs is 1. The first kappa shape index (κ1) is 21.2. The molecule has 0 aliphatic carbocycles. The van der Waals surface area contributed by atoms with Crippen LogP contribution < -0.4 is 5.32 Å². The van der Waals surface area contributed by atoms with Gasteiger partial charge in [0.15, 0.2) is 0 Å². The van der Waals surface area contributed by atoms with Gasteiger partial charge in [-0.3, -0.25) is 0 Å². The van der Waals surface area contributed by atoms with Crippen LogP contribution in [0.5, 0.6) is 0 Å². The Hall–Kier alpha value is -1.50. The Labute approximate surface area is 182 Å². The van der Waals surface area contributed by atoms with E-state index in [2.05, 4.69) is 86.6 Å². The molecule has 0 unspecified atom stereocenters. The van der Waals surface area contributed by atoms with Gasteiger partial charge in [0, 0.05) is 16.9 Å². The summed E-state index contributed by atoms with van der Waals surface area (Å²) in [7, 11) is 0. The molecule has 0 bridgehead atoms. The van der Waals surface area contributed by atoms with E-state index in [9.17, 15) is 0 Å². The van der Waals surface area contributed by atoms with Crippen molar-refractivity contribution in [1.82, 2.24) is 9.55 Å². The number of nitrogens with one attached hydrogen (secondary N) is 1. The highest BCUT2D eigenvalue weighted by Crippen LogP contribution is 2.35. The van der Waals surface area contributed by atoms with Gasteiger partial charge < -0.3 is 9.88 Å². The highest BCUT2D eigenvalue weighted by molar-refractivity contribution is 8.11. The minimum absolute atomic E-state index is 0.0586. The number of anilines is 1. The number of thiol groups is 1. The summed E-state index contributed by atoms with van der Waals surface area (Å²) in [5.41, 5.74) is 4.34. The first-order valence-electron chi connectivity index (χ1n) is 9.51. The molecule has 0 amide bonds. The van der Waals surface area contributed by atoms with Crippen molar-refractivity contribution in [2.24, 2.45) is 0 Å². The molecule has 1 N–H and O–H groups in total. The summed E-state index contributed by atoms with van der Waals surface area (Å²) < 4.78 is 2.80. The van der Waals surface area contributed by atoms with E-state index in [0.717, 1.165) is 46.2 Å². The van der Waals surface area contributed by atoms with Crippen LogP contribution in [0.3, 0.4) is 0 Å². The molecule has 3 rings (SSSR count). The van der Waals surface area contributed by atoms with Gasteiger partial charge >= 0.3 is 0 Å². The van der Waals surface area contributed by atoms with E-state index in [1.54, 1.807) is 0 Å². The van der Waals surface area contributed by atoms with Gasteiger partial charge in [-0.05, 0) is 29.9 Å². The smallest absolute Gasteiger partial charge is 0.135 e. The predicted octanol–water partition coefficient (Wildman–Crippen LogP) is 6.51. The van der Waals surface area contributed by atoms with Gasteiger partial charge in [-0.25, -0.2) is 4.98 Å². The molecule has 1 aromatic heterocycles. The fraction of sp³-hybridized carbons (Fsp3) is 0.364. The van der Waals surface area contributed by atoms with Crippen molar-refractivity contribution in [3.05, 3.63) is 53.9 Å². The zero-order chi connectivity index (χ0) is 20.3. The molecular formula is C22H27N3S3. The minimum atomic E-state index is -0.0586. The third-order valence-corrected chi connectivity index (χ3v) is 5.88. The van der Waals surface area contributed by atoms with Crippen molar-refractivity contribution < 1.29 is 0 Å². The van der Waals surface area contributed by atoms with Crippen LogP contribution in [-0.4, -0.2) is 19.6 Å². The third kappa shape index (κ3) is 4.91. The molecule has 3 aromatic rings. The summed E-state index contributed by atoms with van der Waals surface area (Å²) in [6.07, 6.45) is 1.11. The Morgan fingerprint density at radius 1 is 1.21 bits per heavy atom. The number of benzene rings is 2. The summed E-state index contributed by atoms with van der Waals surface area (Å²) in [6, 6.07) is 14.9. The van der Waals surface area contributed by atoms with Crippen LogP contribution in [0, 0.1) is 0 Å². The van der Waals surface area contributed by atoms with Crippen molar-refractivity contribution in [1.29, 1.82) is 0 Å². The fourth-order valence-corrected chi connectivity index (χ4v) is 4.31. The van der Waals surface area contributed by atoms with Crippen LogP contribution in [0.1, 0.15) is 45.5 Å². The lowest BCUT2D eigenvalue weighted by molar-refractivity contribution is 0.516. The van der Waals surface area contributed by atoms with Crippen LogP contribution in [-0.2, 0) is 12.0 Å². The number of nitrogens with zero attached hydrogens (tertiary/aromatic N) is 2. The van der Waals surface area contributed by atoms with Crippen molar-refractivity contribution in [3.63, 3.8) is 0 Å². The molecule has 0 saturated heterocycles. The average Bonchev–Trinajstić information content (AvgIpc) is 2.98. The van der Waals surface area contributed by atoms with Gasteiger partial charge in [0.25, 0.3) is 0 Å². The molecule has 0 aliphatic heterocycles. The van der Waals surface area contributed by atoms with Crippen LogP contribution >= 0.6 is 36.6 Å². The van der Waals surface area contributed by atoms with E-state index in [1.165, 1.54) is 5.56 Å². The molecule has 0 aliphatic rings. The van der Waals surface area contributed by atoms with Crippen molar-refractivity contribution in [2.45, 2.75) is 51.0 Å². The molecule has 3 nitrogen and oxygen atoms in total. The van der Waals surface area contributed by atoms with Crippen LogP contribution in [0.25, 0.3) is 11.0 Å². The zero-order valence-corrected chi connectivity index (χ0v) is 19.3. The Morgan fingerprint density at radius 2 is 1.93 bits per heavy atom. The SMILES string of the molecule is CCCSc1cc2nc(C(C)(C)C)n(Cc3ccccc3)c2cc1NC(=S)S. The molecule has 6 heteroatoms. The Balaban J connectivity index is 2.18. The second-order valence-electron chi connectivity index (χ2n) is 7.87. The molecule has 2 aromatic carbocycles. The Bertz CT molecular complexity index is 972. The lowest BCUT2D eigenvalue weighted by Gasteiger charge is -2.20. The fourth-order valence-electron chi connectivity index (χ4n) is 3.19. The van der Waals surface area contributed by atoms with Crippen LogP contribution in [0.2, 0.25) is 0 Å². The predicted molar refractivity (Wildman–Crippen MR) is 130 cm³/mol. The number of rotatable bonds is 6.